The molecule has 2 N–H and O–H groups in total. The summed E-state index contributed by atoms with van der Waals surface area (Å²) in [5, 5.41) is 0. The maximum absolute atomic E-state index is 12.5. The van der Waals surface area contributed by atoms with E-state index in [9.17, 15) is 4.79 Å². The Bertz CT molecular complexity index is 1270. The number of hydrogen-bond acceptors (Lipinski definition) is 3. The molecule has 0 radical (unpaired) electrons. The van der Waals surface area contributed by atoms with Crippen LogP contribution in [0.25, 0.3) is 0 Å². The molecule has 6 aliphatic carbocycles. The van der Waals surface area contributed by atoms with E-state index in [0.717, 1.165) is 35.8 Å². The molecule has 232 valence electrons. The largest absolute Gasteiger partial charge is 0.463 e. The lowest BCUT2D eigenvalue weighted by Crippen LogP contribution is -2.67. The second-order valence-electron chi connectivity index (χ2n) is 17.0. The summed E-state index contributed by atoms with van der Waals surface area (Å²) in [6.07, 6.45) is 18.2. The lowest BCUT2D eigenvalue weighted by atomic mass is 9.33. The number of nitrogens with two attached hydrogens (primary N) is 1. The summed E-state index contributed by atoms with van der Waals surface area (Å²) in [7, 11) is 0. The van der Waals surface area contributed by atoms with Crippen LogP contribution in [0.1, 0.15) is 126 Å². The molecule has 0 amide bonds. The van der Waals surface area contributed by atoms with Crippen LogP contribution in [-0.2, 0) is 9.53 Å². The molecule has 6 aliphatic rings. The van der Waals surface area contributed by atoms with E-state index in [1.54, 1.807) is 5.57 Å². The van der Waals surface area contributed by atoms with Crippen molar-refractivity contribution < 1.29 is 9.53 Å². The highest BCUT2D eigenvalue weighted by Gasteiger charge is 2.70. The Kier molecular flexibility index (Phi) is 7.20. The molecule has 0 aromatic rings. The first kappa shape index (κ1) is 30.4. The van der Waals surface area contributed by atoms with Gasteiger partial charge in [0, 0.05) is 11.1 Å². The van der Waals surface area contributed by atoms with Gasteiger partial charge in [0.1, 0.15) is 0 Å². The number of fused-ring (bicyclic) bond motifs is 7. The van der Waals surface area contributed by atoms with E-state index < -0.39 is 0 Å². The summed E-state index contributed by atoms with van der Waals surface area (Å²) >= 11 is 0. The van der Waals surface area contributed by atoms with E-state index in [1.165, 1.54) is 68.9 Å². The third kappa shape index (κ3) is 4.03. The fourth-order valence-electron chi connectivity index (χ4n) is 12.9. The Morgan fingerprint density at radius 3 is 2.38 bits per heavy atom. The van der Waals surface area contributed by atoms with E-state index in [-0.39, 0.29) is 16.9 Å². The Morgan fingerprint density at radius 2 is 1.71 bits per heavy atom. The normalized spacial score (nSPS) is 46.0. The molecule has 9 atom stereocenters. The van der Waals surface area contributed by atoms with Gasteiger partial charge in [-0.3, -0.25) is 0 Å². The van der Waals surface area contributed by atoms with Gasteiger partial charge in [-0.15, -0.1) is 0 Å². The number of allylic oxidation sites excluding steroid dienone is 6. The number of carbonyl (C=O) groups is 1. The molecule has 4 fully saturated rings. The van der Waals surface area contributed by atoms with Gasteiger partial charge in [-0.2, -0.15) is 0 Å². The van der Waals surface area contributed by atoms with E-state index in [0.29, 0.717) is 40.6 Å². The molecule has 0 bridgehead atoms. The van der Waals surface area contributed by atoms with Crippen LogP contribution in [0.4, 0.5) is 0 Å². The number of carbonyl (C=O) groups excluding carboxylic acids is 1. The highest BCUT2D eigenvalue weighted by Crippen LogP contribution is 2.76. The van der Waals surface area contributed by atoms with Crippen molar-refractivity contribution >= 4 is 5.97 Å². The first-order valence-corrected chi connectivity index (χ1v) is 17.4. The molecule has 0 spiro atoms. The minimum absolute atomic E-state index is 0.0238. The van der Waals surface area contributed by atoms with Crippen molar-refractivity contribution in [2.24, 2.45) is 57.0 Å². The molecule has 0 aromatic heterocycles. The Hall–Kier alpha value is -1.61. The van der Waals surface area contributed by atoms with Gasteiger partial charge in [0.2, 0.25) is 0 Å². The molecule has 3 nitrogen and oxygen atoms in total. The molecule has 0 unspecified atom stereocenters. The summed E-state index contributed by atoms with van der Waals surface area (Å²) in [5.74, 6) is 3.23. The summed E-state index contributed by atoms with van der Waals surface area (Å²) in [5.41, 5.74) is 14.8. The van der Waals surface area contributed by atoms with Crippen LogP contribution in [0, 0.1) is 51.2 Å². The van der Waals surface area contributed by atoms with Gasteiger partial charge in [0.15, 0.2) is 0 Å². The third-order valence-electron chi connectivity index (χ3n) is 15.1. The van der Waals surface area contributed by atoms with Crippen LogP contribution in [-0.4, -0.2) is 18.1 Å². The van der Waals surface area contributed by atoms with Gasteiger partial charge in [-0.05, 0) is 159 Å². The predicted octanol–water partition coefficient (Wildman–Crippen LogP) is 9.49. The fraction of sp³-hybridized carbons (Fsp3) is 0.769. The van der Waals surface area contributed by atoms with Crippen molar-refractivity contribution in [1.82, 2.24) is 0 Å². The predicted molar refractivity (Wildman–Crippen MR) is 174 cm³/mol. The molecule has 0 aliphatic heterocycles. The van der Waals surface area contributed by atoms with E-state index in [2.05, 4.69) is 67.2 Å². The molecule has 6 rings (SSSR count). The second-order valence-corrected chi connectivity index (χ2v) is 17.0. The van der Waals surface area contributed by atoms with Crippen molar-refractivity contribution in [3.05, 3.63) is 46.6 Å². The van der Waals surface area contributed by atoms with Crippen molar-refractivity contribution in [2.45, 2.75) is 132 Å². The molecule has 3 heteroatoms. The van der Waals surface area contributed by atoms with Crippen LogP contribution in [0.2, 0.25) is 0 Å². The van der Waals surface area contributed by atoms with Crippen LogP contribution in [0.5, 0.6) is 0 Å². The Balaban J connectivity index is 1.33. The maximum atomic E-state index is 12.5. The molecule has 0 aromatic carbocycles. The summed E-state index contributed by atoms with van der Waals surface area (Å²) in [4.78, 5) is 12.5. The fourth-order valence-corrected chi connectivity index (χ4v) is 12.9. The van der Waals surface area contributed by atoms with Gasteiger partial charge in [-0.25, -0.2) is 4.79 Å². The first-order chi connectivity index (χ1) is 19.6. The quantitative estimate of drug-likeness (QED) is 0.269. The third-order valence-corrected chi connectivity index (χ3v) is 15.1. The standard InChI is InChI=1S/C39H59NO2/c1-10-42-34(41)28-12-11-26(23-25(28)4)29-16-18-36(7)31(35(29,5)6)17-19-38(9)32(36)14-13-30-33-27(24(2)3)15-20-39(33,40)22-21-37(30,38)8/h16,23,27,30-33H,2,10-15,17-22,40H2,1,3-9H3/t27-,30+,31-,32+,33+,36-,37+,38+,39-/m0/s1. The Morgan fingerprint density at radius 1 is 0.976 bits per heavy atom. The van der Waals surface area contributed by atoms with E-state index in [4.69, 9.17) is 10.5 Å². The lowest BCUT2D eigenvalue weighted by Gasteiger charge is -2.72. The minimum Gasteiger partial charge on any atom is -0.463 e. The summed E-state index contributed by atoms with van der Waals surface area (Å²) in [6.45, 7) is 24.4. The van der Waals surface area contributed by atoms with Gasteiger partial charge in [0.25, 0.3) is 0 Å². The molecular formula is C39H59NO2. The number of rotatable bonds is 4. The van der Waals surface area contributed by atoms with Crippen molar-refractivity contribution in [3.8, 4) is 0 Å². The van der Waals surface area contributed by atoms with Gasteiger partial charge in [0.05, 0.1) is 6.61 Å². The number of esters is 1. The first-order valence-electron chi connectivity index (χ1n) is 17.4. The highest BCUT2D eigenvalue weighted by molar-refractivity contribution is 5.90. The van der Waals surface area contributed by atoms with Crippen LogP contribution in [0.3, 0.4) is 0 Å². The van der Waals surface area contributed by atoms with Crippen molar-refractivity contribution in [2.75, 3.05) is 6.61 Å². The van der Waals surface area contributed by atoms with E-state index >= 15 is 0 Å². The van der Waals surface area contributed by atoms with Crippen LogP contribution < -0.4 is 5.73 Å². The molecule has 4 saturated carbocycles. The zero-order valence-corrected chi connectivity index (χ0v) is 28.1. The molecule has 0 heterocycles. The SMILES string of the molecule is C=C(C)[C@@H]1CC[C@]2(N)CC[C@]3(C)[C@H](CC[C@@H]4[C@@]5(C)CC=C(C6=CC(C)=C(C(=O)OCC)CC6)C(C)(C)[C@@H]5CC[C@]43C)[C@@H]12. The van der Waals surface area contributed by atoms with Gasteiger partial charge < -0.3 is 10.5 Å². The average Bonchev–Trinajstić information content (AvgIpc) is 3.27. The zero-order valence-electron chi connectivity index (χ0n) is 28.1. The van der Waals surface area contributed by atoms with Gasteiger partial charge >= 0.3 is 5.97 Å². The zero-order chi connectivity index (χ0) is 30.5. The topological polar surface area (TPSA) is 52.3 Å². The summed E-state index contributed by atoms with van der Waals surface area (Å²) < 4.78 is 5.36. The average molecular weight is 574 g/mol. The number of ether oxygens (including phenoxy) is 1. The van der Waals surface area contributed by atoms with Crippen molar-refractivity contribution in [1.29, 1.82) is 0 Å². The monoisotopic (exact) mass is 573 g/mol. The van der Waals surface area contributed by atoms with Crippen LogP contribution >= 0.6 is 0 Å². The second kappa shape index (κ2) is 9.95. The number of hydrogen-bond donors (Lipinski definition) is 1. The van der Waals surface area contributed by atoms with Gasteiger partial charge in [-0.1, -0.05) is 58.9 Å². The lowest BCUT2D eigenvalue weighted by molar-refractivity contribution is -0.219. The maximum Gasteiger partial charge on any atom is 0.334 e. The minimum atomic E-state index is -0.132. The molecule has 42 heavy (non-hydrogen) atoms. The van der Waals surface area contributed by atoms with Crippen LogP contribution in [0.15, 0.2) is 46.6 Å². The highest BCUT2D eigenvalue weighted by atomic mass is 16.5. The molecule has 0 saturated heterocycles. The van der Waals surface area contributed by atoms with E-state index in [1.807, 2.05) is 6.92 Å². The summed E-state index contributed by atoms with van der Waals surface area (Å²) in [6, 6.07) is 0. The Labute approximate surface area is 256 Å². The van der Waals surface area contributed by atoms with Crippen molar-refractivity contribution in [3.63, 3.8) is 0 Å². The molecular weight excluding hydrogens is 514 g/mol. The smallest absolute Gasteiger partial charge is 0.334 e.